The first-order valence-electron chi connectivity index (χ1n) is 7.31. The monoisotopic (exact) mass is 288 g/mol. The lowest BCUT2D eigenvalue weighted by Crippen LogP contribution is -2.17. The third-order valence-electron chi connectivity index (χ3n) is 3.86. The highest BCUT2D eigenvalue weighted by atomic mass is 16.1. The van der Waals surface area contributed by atoms with Gasteiger partial charge >= 0.3 is 0 Å². The van der Waals surface area contributed by atoms with E-state index in [2.05, 4.69) is 23.5 Å². The van der Waals surface area contributed by atoms with Crippen LogP contribution in [0.15, 0.2) is 66.4 Å². The minimum Gasteiger partial charge on any atom is -0.358 e. The van der Waals surface area contributed by atoms with Crippen molar-refractivity contribution >= 4 is 11.5 Å². The highest BCUT2D eigenvalue weighted by molar-refractivity contribution is 5.92. The molecule has 3 nitrogen and oxygen atoms in total. The number of nitrogens with zero attached hydrogens (tertiary/aromatic N) is 1. The van der Waals surface area contributed by atoms with Crippen LogP contribution in [0.4, 0.5) is 5.69 Å². The summed E-state index contributed by atoms with van der Waals surface area (Å²) >= 11 is 0. The molecule has 0 bridgehead atoms. The quantitative estimate of drug-likeness (QED) is 0.928. The standard InChI is InChI=1S/C19H16N2O/c20-13-15-8-4-5-9-19(15)21-17-10-16(11-18(22)12-17)14-6-2-1-3-7-14/h1-9,12,16,21H,10-11H2. The van der Waals surface area contributed by atoms with Crippen LogP contribution in [0.3, 0.4) is 0 Å². The molecule has 0 fully saturated rings. The van der Waals surface area contributed by atoms with Crippen molar-refractivity contribution in [3.05, 3.63) is 77.5 Å². The SMILES string of the molecule is N#Cc1ccccc1NC1=CC(=O)CC(c2ccccc2)C1. The number of hydrogen-bond donors (Lipinski definition) is 1. The normalized spacial score (nSPS) is 17.5. The molecule has 1 aliphatic carbocycles. The van der Waals surface area contributed by atoms with Gasteiger partial charge in [-0.2, -0.15) is 5.26 Å². The fourth-order valence-electron chi connectivity index (χ4n) is 2.80. The van der Waals surface area contributed by atoms with Crippen LogP contribution in [0.1, 0.15) is 29.9 Å². The van der Waals surface area contributed by atoms with E-state index in [1.54, 1.807) is 12.1 Å². The lowest BCUT2D eigenvalue weighted by molar-refractivity contribution is -0.115. The van der Waals surface area contributed by atoms with Crippen molar-refractivity contribution in [2.75, 3.05) is 5.32 Å². The Morgan fingerprint density at radius 2 is 1.73 bits per heavy atom. The van der Waals surface area contributed by atoms with Crippen LogP contribution in [-0.2, 0) is 4.79 Å². The van der Waals surface area contributed by atoms with Crippen LogP contribution >= 0.6 is 0 Å². The number of para-hydroxylation sites is 1. The highest BCUT2D eigenvalue weighted by Crippen LogP contribution is 2.32. The van der Waals surface area contributed by atoms with Crippen LogP contribution in [0.25, 0.3) is 0 Å². The Kier molecular flexibility index (Phi) is 4.02. The number of carbonyl (C=O) groups is 1. The second-order valence-corrected chi connectivity index (χ2v) is 5.43. The summed E-state index contributed by atoms with van der Waals surface area (Å²) in [4.78, 5) is 12.0. The number of nitriles is 1. The van der Waals surface area contributed by atoms with Crippen molar-refractivity contribution in [2.24, 2.45) is 0 Å². The van der Waals surface area contributed by atoms with Gasteiger partial charge in [0.1, 0.15) is 6.07 Å². The molecule has 0 heterocycles. The predicted molar refractivity (Wildman–Crippen MR) is 86.3 cm³/mol. The molecular formula is C19H16N2O. The number of carbonyl (C=O) groups excluding carboxylic acids is 1. The van der Waals surface area contributed by atoms with Gasteiger partial charge in [0, 0.05) is 18.2 Å². The minimum atomic E-state index is 0.122. The summed E-state index contributed by atoms with van der Waals surface area (Å²) in [5.74, 6) is 0.312. The first-order valence-corrected chi connectivity index (χ1v) is 7.31. The Morgan fingerprint density at radius 1 is 1.00 bits per heavy atom. The van der Waals surface area contributed by atoms with E-state index in [0.29, 0.717) is 12.0 Å². The van der Waals surface area contributed by atoms with Gasteiger partial charge in [0.25, 0.3) is 0 Å². The van der Waals surface area contributed by atoms with Gasteiger partial charge in [-0.15, -0.1) is 0 Å². The predicted octanol–water partition coefficient (Wildman–Crippen LogP) is 4.00. The molecule has 0 radical (unpaired) electrons. The molecule has 0 aromatic heterocycles. The first-order chi connectivity index (χ1) is 10.8. The van der Waals surface area contributed by atoms with Crippen LogP contribution in [-0.4, -0.2) is 5.78 Å². The molecule has 3 heteroatoms. The number of benzene rings is 2. The van der Waals surface area contributed by atoms with E-state index in [1.807, 2.05) is 36.4 Å². The zero-order valence-corrected chi connectivity index (χ0v) is 12.1. The average molecular weight is 288 g/mol. The van der Waals surface area contributed by atoms with Crippen molar-refractivity contribution in [1.82, 2.24) is 0 Å². The molecule has 3 rings (SSSR count). The molecule has 108 valence electrons. The molecule has 0 aliphatic heterocycles. The summed E-state index contributed by atoms with van der Waals surface area (Å²) in [6.45, 7) is 0. The molecule has 0 amide bonds. The van der Waals surface area contributed by atoms with Gasteiger partial charge in [0.05, 0.1) is 11.3 Å². The van der Waals surface area contributed by atoms with Crippen molar-refractivity contribution in [2.45, 2.75) is 18.8 Å². The maximum Gasteiger partial charge on any atom is 0.158 e. The van der Waals surface area contributed by atoms with Crippen LogP contribution in [0.2, 0.25) is 0 Å². The van der Waals surface area contributed by atoms with Gasteiger partial charge in [-0.3, -0.25) is 4.79 Å². The summed E-state index contributed by atoms with van der Waals surface area (Å²) in [6, 6.07) is 19.6. The summed E-state index contributed by atoms with van der Waals surface area (Å²) in [5, 5.41) is 12.4. The second kappa shape index (κ2) is 6.28. The Morgan fingerprint density at radius 3 is 2.50 bits per heavy atom. The zero-order valence-electron chi connectivity index (χ0n) is 12.1. The van der Waals surface area contributed by atoms with E-state index in [4.69, 9.17) is 5.26 Å². The van der Waals surface area contributed by atoms with E-state index in [1.165, 1.54) is 5.56 Å². The van der Waals surface area contributed by atoms with Gasteiger partial charge in [0.15, 0.2) is 5.78 Å². The van der Waals surface area contributed by atoms with E-state index >= 15 is 0 Å². The molecular weight excluding hydrogens is 272 g/mol. The maximum absolute atomic E-state index is 12.0. The number of anilines is 1. The van der Waals surface area contributed by atoms with E-state index in [0.717, 1.165) is 17.8 Å². The molecule has 1 N–H and O–H groups in total. The molecule has 2 aromatic carbocycles. The average Bonchev–Trinajstić information content (AvgIpc) is 2.56. The number of allylic oxidation sites excluding steroid dienone is 2. The fraction of sp³-hybridized carbons (Fsp3) is 0.158. The van der Waals surface area contributed by atoms with E-state index in [9.17, 15) is 4.79 Å². The number of nitrogens with one attached hydrogen (secondary N) is 1. The Labute approximate surface area is 129 Å². The van der Waals surface area contributed by atoms with Crippen LogP contribution < -0.4 is 5.32 Å². The Hall–Kier alpha value is -2.86. The van der Waals surface area contributed by atoms with Crippen molar-refractivity contribution in [1.29, 1.82) is 5.26 Å². The lowest BCUT2D eigenvalue weighted by atomic mass is 9.85. The smallest absolute Gasteiger partial charge is 0.158 e. The van der Waals surface area contributed by atoms with Crippen molar-refractivity contribution in [3.63, 3.8) is 0 Å². The highest BCUT2D eigenvalue weighted by Gasteiger charge is 2.22. The third-order valence-corrected chi connectivity index (χ3v) is 3.86. The molecule has 0 spiro atoms. The van der Waals surface area contributed by atoms with E-state index in [-0.39, 0.29) is 11.7 Å². The Bertz CT molecular complexity index is 757. The first kappa shape index (κ1) is 14.1. The molecule has 1 atom stereocenters. The number of ketones is 1. The third kappa shape index (κ3) is 3.07. The molecule has 1 aliphatic rings. The summed E-state index contributed by atoms with van der Waals surface area (Å²) < 4.78 is 0. The molecule has 0 saturated carbocycles. The molecule has 1 unspecified atom stereocenters. The minimum absolute atomic E-state index is 0.122. The lowest BCUT2D eigenvalue weighted by Gasteiger charge is -2.23. The molecule has 22 heavy (non-hydrogen) atoms. The number of rotatable bonds is 3. The van der Waals surface area contributed by atoms with Crippen molar-refractivity contribution < 1.29 is 4.79 Å². The maximum atomic E-state index is 12.0. The van der Waals surface area contributed by atoms with Gasteiger partial charge in [0.2, 0.25) is 0 Å². The summed E-state index contributed by atoms with van der Waals surface area (Å²) in [7, 11) is 0. The van der Waals surface area contributed by atoms with Gasteiger partial charge in [-0.25, -0.2) is 0 Å². The molecule has 0 saturated heterocycles. The van der Waals surface area contributed by atoms with Gasteiger partial charge in [-0.05, 0) is 30.0 Å². The Balaban J connectivity index is 1.82. The topological polar surface area (TPSA) is 52.9 Å². The van der Waals surface area contributed by atoms with Crippen LogP contribution in [0.5, 0.6) is 0 Å². The van der Waals surface area contributed by atoms with Crippen molar-refractivity contribution in [3.8, 4) is 6.07 Å². The summed E-state index contributed by atoms with van der Waals surface area (Å²) in [5.41, 5.74) is 3.38. The summed E-state index contributed by atoms with van der Waals surface area (Å²) in [6.07, 6.45) is 2.97. The van der Waals surface area contributed by atoms with Crippen LogP contribution in [0, 0.1) is 11.3 Å². The second-order valence-electron chi connectivity index (χ2n) is 5.43. The van der Waals surface area contributed by atoms with Gasteiger partial charge < -0.3 is 5.32 Å². The number of hydrogen-bond acceptors (Lipinski definition) is 3. The zero-order chi connectivity index (χ0) is 15.4. The molecule has 2 aromatic rings. The van der Waals surface area contributed by atoms with E-state index < -0.39 is 0 Å². The fourth-order valence-corrected chi connectivity index (χ4v) is 2.80. The largest absolute Gasteiger partial charge is 0.358 e. The van der Waals surface area contributed by atoms with Gasteiger partial charge in [-0.1, -0.05) is 42.5 Å².